The Labute approximate surface area is 120 Å². The van der Waals surface area contributed by atoms with Crippen molar-refractivity contribution in [1.82, 2.24) is 0 Å². The maximum Gasteiger partial charge on any atom is 0.307 e. The molecule has 1 saturated carbocycles. The number of carboxylic acids is 1. The van der Waals surface area contributed by atoms with Crippen LogP contribution in [0.25, 0.3) is 0 Å². The largest absolute Gasteiger partial charge is 0.495 e. The molecule has 1 aliphatic rings. The minimum Gasteiger partial charge on any atom is -0.495 e. The average Bonchev–Trinajstić information content (AvgIpc) is 3.17. The van der Waals surface area contributed by atoms with Crippen molar-refractivity contribution in [2.45, 2.75) is 11.3 Å². The monoisotopic (exact) mass is 314 g/mol. The Hall–Kier alpha value is -2.13. The fourth-order valence-electron chi connectivity index (χ4n) is 1.94. The van der Waals surface area contributed by atoms with Crippen molar-refractivity contribution in [3.63, 3.8) is 0 Å². The molecule has 1 fully saturated rings. The number of amides is 1. The van der Waals surface area contributed by atoms with Crippen LogP contribution in [0.2, 0.25) is 0 Å². The third-order valence-corrected chi connectivity index (χ3v) is 4.11. The van der Waals surface area contributed by atoms with Crippen molar-refractivity contribution in [2.24, 2.45) is 17.0 Å². The van der Waals surface area contributed by atoms with Crippen molar-refractivity contribution >= 4 is 27.6 Å². The molecule has 1 aromatic carbocycles. The van der Waals surface area contributed by atoms with Gasteiger partial charge in [-0.25, -0.2) is 13.6 Å². The van der Waals surface area contributed by atoms with Crippen LogP contribution in [0.3, 0.4) is 0 Å². The van der Waals surface area contributed by atoms with Crippen LogP contribution in [-0.2, 0) is 19.6 Å². The summed E-state index contributed by atoms with van der Waals surface area (Å²) >= 11 is 0. The van der Waals surface area contributed by atoms with Crippen LogP contribution < -0.4 is 15.2 Å². The average molecular weight is 314 g/mol. The summed E-state index contributed by atoms with van der Waals surface area (Å²) in [5.41, 5.74) is 0.130. The van der Waals surface area contributed by atoms with E-state index < -0.39 is 33.7 Å². The van der Waals surface area contributed by atoms with Crippen LogP contribution in [0.1, 0.15) is 6.42 Å². The van der Waals surface area contributed by atoms with Crippen molar-refractivity contribution in [2.75, 3.05) is 12.4 Å². The van der Waals surface area contributed by atoms with Gasteiger partial charge in [-0.15, -0.1) is 0 Å². The van der Waals surface area contributed by atoms with Gasteiger partial charge in [-0.05, 0) is 24.6 Å². The highest BCUT2D eigenvalue weighted by molar-refractivity contribution is 7.89. The predicted octanol–water partition coefficient (Wildman–Crippen LogP) is 0.00180. The van der Waals surface area contributed by atoms with E-state index in [0.717, 1.165) is 0 Å². The lowest BCUT2D eigenvalue weighted by Crippen LogP contribution is -2.18. The van der Waals surface area contributed by atoms with Crippen LogP contribution in [0.5, 0.6) is 5.75 Å². The van der Waals surface area contributed by atoms with Crippen LogP contribution in [0.4, 0.5) is 5.69 Å². The molecule has 0 bridgehead atoms. The van der Waals surface area contributed by atoms with Crippen LogP contribution >= 0.6 is 0 Å². The fourth-order valence-corrected chi connectivity index (χ4v) is 2.48. The Balaban J connectivity index is 2.22. The van der Waals surface area contributed by atoms with E-state index in [-0.39, 0.29) is 22.8 Å². The number of anilines is 1. The maximum absolute atomic E-state index is 11.9. The summed E-state index contributed by atoms with van der Waals surface area (Å²) in [6.45, 7) is 0. The van der Waals surface area contributed by atoms with E-state index in [9.17, 15) is 18.0 Å². The maximum atomic E-state index is 11.9. The lowest BCUT2D eigenvalue weighted by atomic mass is 10.2. The molecule has 1 aliphatic carbocycles. The van der Waals surface area contributed by atoms with Gasteiger partial charge < -0.3 is 15.2 Å². The lowest BCUT2D eigenvalue weighted by molar-refractivity contribution is -0.139. The number of carboxylic acid groups (broad SMARTS) is 1. The highest BCUT2D eigenvalue weighted by Crippen LogP contribution is 2.40. The standard InChI is InChI=1S/C12H14N2O6S/c1-20-10-3-2-6(21(13,18)19)4-9(10)14-11(15)7-5-8(7)12(16)17/h2-4,7-8H,5H2,1H3,(H,14,15)(H,16,17)(H2,13,18,19)/t7-,8-/m1/s1. The molecule has 2 rings (SSSR count). The smallest absolute Gasteiger partial charge is 0.307 e. The second-order valence-electron chi connectivity index (χ2n) is 4.68. The summed E-state index contributed by atoms with van der Waals surface area (Å²) in [5.74, 6) is -2.58. The number of sulfonamides is 1. The summed E-state index contributed by atoms with van der Waals surface area (Å²) in [6, 6.07) is 3.78. The van der Waals surface area contributed by atoms with E-state index in [1.165, 1.54) is 25.3 Å². The molecule has 8 nitrogen and oxygen atoms in total. The molecule has 0 aromatic heterocycles. The zero-order valence-electron chi connectivity index (χ0n) is 11.1. The van der Waals surface area contributed by atoms with Crippen molar-refractivity contribution in [1.29, 1.82) is 0 Å². The molecule has 0 heterocycles. The summed E-state index contributed by atoms with van der Waals surface area (Å²) in [6.07, 6.45) is 0.262. The highest BCUT2D eigenvalue weighted by Gasteiger charge is 2.48. The Morgan fingerprint density at radius 1 is 1.38 bits per heavy atom. The third-order valence-electron chi connectivity index (χ3n) is 3.20. The molecule has 0 spiro atoms. The van der Waals surface area contributed by atoms with E-state index in [1.807, 2.05) is 0 Å². The topological polar surface area (TPSA) is 136 Å². The lowest BCUT2D eigenvalue weighted by Gasteiger charge is -2.11. The normalized spacial score (nSPS) is 20.7. The molecular weight excluding hydrogens is 300 g/mol. The number of benzene rings is 1. The number of nitrogens with one attached hydrogen (secondary N) is 1. The van der Waals surface area contributed by atoms with Gasteiger partial charge in [0.15, 0.2) is 0 Å². The summed E-state index contributed by atoms with van der Waals surface area (Å²) < 4.78 is 27.6. The van der Waals surface area contributed by atoms with Gasteiger partial charge in [0.1, 0.15) is 5.75 Å². The zero-order chi connectivity index (χ0) is 15.8. The zero-order valence-corrected chi connectivity index (χ0v) is 11.9. The highest BCUT2D eigenvalue weighted by atomic mass is 32.2. The number of methoxy groups -OCH3 is 1. The molecule has 0 aliphatic heterocycles. The fraction of sp³-hybridized carbons (Fsp3) is 0.333. The molecule has 4 N–H and O–H groups in total. The van der Waals surface area contributed by atoms with Crippen molar-refractivity contribution < 1.29 is 27.9 Å². The number of hydrogen-bond acceptors (Lipinski definition) is 5. The van der Waals surface area contributed by atoms with E-state index in [4.69, 9.17) is 15.0 Å². The van der Waals surface area contributed by atoms with Gasteiger partial charge in [0.25, 0.3) is 0 Å². The first-order valence-corrected chi connectivity index (χ1v) is 7.53. The van der Waals surface area contributed by atoms with Gasteiger partial charge in [-0.1, -0.05) is 0 Å². The summed E-state index contributed by atoms with van der Waals surface area (Å²) in [4.78, 5) is 22.5. The number of carbonyl (C=O) groups is 2. The molecule has 21 heavy (non-hydrogen) atoms. The first-order chi connectivity index (χ1) is 9.74. The first-order valence-electron chi connectivity index (χ1n) is 5.98. The molecular formula is C12H14N2O6S. The number of aliphatic carboxylic acids is 1. The first kappa shape index (κ1) is 15.3. The van der Waals surface area contributed by atoms with E-state index in [0.29, 0.717) is 0 Å². The third kappa shape index (κ3) is 3.31. The minimum absolute atomic E-state index is 0.130. The number of carbonyl (C=O) groups excluding carboxylic acids is 1. The number of nitrogens with two attached hydrogens (primary N) is 1. The van der Waals surface area contributed by atoms with Gasteiger partial charge in [-0.2, -0.15) is 0 Å². The minimum atomic E-state index is -3.92. The molecule has 0 saturated heterocycles. The molecule has 0 radical (unpaired) electrons. The van der Waals surface area contributed by atoms with Crippen molar-refractivity contribution in [3.8, 4) is 5.75 Å². The Kier molecular flexibility index (Phi) is 3.88. The SMILES string of the molecule is COc1ccc(S(N)(=O)=O)cc1NC(=O)[C@@H]1C[C@H]1C(=O)O. The molecule has 1 aromatic rings. The van der Waals surface area contributed by atoms with Gasteiger partial charge in [0.05, 0.1) is 29.5 Å². The van der Waals surface area contributed by atoms with Gasteiger partial charge >= 0.3 is 5.97 Å². The number of ether oxygens (including phenoxy) is 1. The quantitative estimate of drug-likeness (QED) is 0.700. The second kappa shape index (κ2) is 5.34. The van der Waals surface area contributed by atoms with E-state index in [2.05, 4.69) is 5.32 Å². The number of hydrogen-bond donors (Lipinski definition) is 3. The Morgan fingerprint density at radius 2 is 2.05 bits per heavy atom. The van der Waals surface area contributed by atoms with E-state index >= 15 is 0 Å². The number of rotatable bonds is 5. The van der Waals surface area contributed by atoms with Crippen molar-refractivity contribution in [3.05, 3.63) is 18.2 Å². The van der Waals surface area contributed by atoms with Crippen LogP contribution in [-0.4, -0.2) is 32.5 Å². The Bertz CT molecular complexity index is 700. The molecule has 9 heteroatoms. The van der Waals surface area contributed by atoms with Gasteiger partial charge in [-0.3, -0.25) is 9.59 Å². The van der Waals surface area contributed by atoms with E-state index in [1.54, 1.807) is 0 Å². The number of primary sulfonamides is 1. The van der Waals surface area contributed by atoms with Crippen LogP contribution in [0, 0.1) is 11.8 Å². The van der Waals surface area contributed by atoms with Gasteiger partial charge in [0, 0.05) is 0 Å². The molecule has 114 valence electrons. The molecule has 1 amide bonds. The molecule has 0 unspecified atom stereocenters. The summed E-state index contributed by atoms with van der Waals surface area (Å²) in [7, 11) is -2.56. The molecule has 2 atom stereocenters. The summed E-state index contributed by atoms with van der Waals surface area (Å²) in [5, 5.41) is 16.3. The second-order valence-corrected chi connectivity index (χ2v) is 6.24. The van der Waals surface area contributed by atoms with Crippen LogP contribution in [0.15, 0.2) is 23.1 Å². The Morgan fingerprint density at radius 3 is 2.52 bits per heavy atom. The predicted molar refractivity (Wildman–Crippen MR) is 72.2 cm³/mol. The van der Waals surface area contributed by atoms with Gasteiger partial charge in [0.2, 0.25) is 15.9 Å².